The normalized spacial score (nSPS) is 15.1. The van der Waals surface area contributed by atoms with Gasteiger partial charge in [-0.3, -0.25) is 4.79 Å². The maximum Gasteiger partial charge on any atom is 0.254 e. The van der Waals surface area contributed by atoms with Crippen LogP contribution in [0, 0.1) is 13.8 Å². The summed E-state index contributed by atoms with van der Waals surface area (Å²) in [6.07, 6.45) is 0. The molecule has 156 valence electrons. The first-order valence-corrected chi connectivity index (χ1v) is 11.7. The molecule has 8 heteroatoms. The molecule has 1 aliphatic heterocycles. The van der Waals surface area contributed by atoms with Gasteiger partial charge in [0, 0.05) is 56.0 Å². The predicted molar refractivity (Wildman–Crippen MR) is 119 cm³/mol. The molecule has 1 saturated heterocycles. The lowest BCUT2D eigenvalue weighted by Crippen LogP contribution is -2.49. The molecule has 6 nitrogen and oxygen atoms in total. The molecule has 1 amide bonds. The lowest BCUT2D eigenvalue weighted by Gasteiger charge is -2.37. The van der Waals surface area contributed by atoms with E-state index in [9.17, 15) is 13.2 Å². The number of benzene rings is 2. The molecule has 2 aromatic carbocycles. The smallest absolute Gasteiger partial charge is 0.254 e. The summed E-state index contributed by atoms with van der Waals surface area (Å²) in [5.74, 6) is -0.145. The number of piperazine rings is 1. The summed E-state index contributed by atoms with van der Waals surface area (Å²) in [6.45, 7) is 6.91. The lowest BCUT2D eigenvalue weighted by atomic mass is 10.1. The molecule has 0 N–H and O–H groups in total. The second kappa shape index (κ2) is 8.45. The van der Waals surface area contributed by atoms with Crippen molar-refractivity contribution in [3.05, 3.63) is 57.6 Å². The van der Waals surface area contributed by atoms with Gasteiger partial charge in [0.05, 0.1) is 4.90 Å². The molecule has 2 aromatic rings. The summed E-state index contributed by atoms with van der Waals surface area (Å²) in [7, 11) is -0.691. The number of carbonyl (C=O) groups is 1. The highest BCUT2D eigenvalue weighted by atomic mass is 79.9. The summed E-state index contributed by atoms with van der Waals surface area (Å²) < 4.78 is 26.6. The first kappa shape index (κ1) is 21.8. The molecule has 0 aromatic heterocycles. The minimum absolute atomic E-state index is 0.0994. The number of carbonyl (C=O) groups excluding carboxylic acids is 1. The fourth-order valence-electron chi connectivity index (χ4n) is 3.44. The highest BCUT2D eigenvalue weighted by Crippen LogP contribution is 2.27. The standard InChI is InChI=1S/C21H26BrN3O3S/c1-15-6-5-7-19(16(15)2)24-10-12-25(13-11-24)21(26)17-8-9-18(22)20(14-17)29(27,28)23(3)4/h5-9,14H,10-13H2,1-4H3. The number of hydrogen-bond acceptors (Lipinski definition) is 4. The van der Waals surface area contributed by atoms with Gasteiger partial charge in [-0.1, -0.05) is 12.1 Å². The van der Waals surface area contributed by atoms with Gasteiger partial charge in [-0.15, -0.1) is 0 Å². The van der Waals surface area contributed by atoms with Crippen molar-refractivity contribution in [2.24, 2.45) is 0 Å². The molecule has 0 atom stereocenters. The monoisotopic (exact) mass is 479 g/mol. The van der Waals surface area contributed by atoms with Crippen molar-refractivity contribution < 1.29 is 13.2 Å². The summed E-state index contributed by atoms with van der Waals surface area (Å²) in [4.78, 5) is 17.2. The van der Waals surface area contributed by atoms with Crippen LogP contribution in [0.3, 0.4) is 0 Å². The number of nitrogens with zero attached hydrogens (tertiary/aromatic N) is 3. The Hall–Kier alpha value is -1.90. The third kappa shape index (κ3) is 4.34. The molecule has 0 radical (unpaired) electrons. The van der Waals surface area contributed by atoms with Crippen LogP contribution in [0.15, 0.2) is 45.8 Å². The first-order chi connectivity index (χ1) is 13.6. The number of halogens is 1. The molecule has 0 unspecified atom stereocenters. The van der Waals surface area contributed by atoms with Crippen molar-refractivity contribution in [3.63, 3.8) is 0 Å². The van der Waals surface area contributed by atoms with Crippen LogP contribution in [0.1, 0.15) is 21.5 Å². The van der Waals surface area contributed by atoms with Gasteiger partial charge in [0.1, 0.15) is 0 Å². The molecule has 1 heterocycles. The van der Waals surface area contributed by atoms with Gasteiger partial charge >= 0.3 is 0 Å². The summed E-state index contributed by atoms with van der Waals surface area (Å²) >= 11 is 3.29. The van der Waals surface area contributed by atoms with E-state index in [1.807, 2.05) is 0 Å². The lowest BCUT2D eigenvalue weighted by molar-refractivity contribution is 0.0746. The zero-order valence-electron chi connectivity index (χ0n) is 17.1. The summed E-state index contributed by atoms with van der Waals surface area (Å²) in [6, 6.07) is 11.0. The van der Waals surface area contributed by atoms with Crippen LogP contribution < -0.4 is 4.90 Å². The Morgan fingerprint density at radius 1 is 1.03 bits per heavy atom. The van der Waals surface area contributed by atoms with E-state index < -0.39 is 10.0 Å². The quantitative estimate of drug-likeness (QED) is 0.674. The number of hydrogen-bond donors (Lipinski definition) is 0. The maximum atomic E-state index is 13.0. The van der Waals surface area contributed by atoms with E-state index in [0.29, 0.717) is 23.1 Å². The van der Waals surface area contributed by atoms with Crippen LogP contribution in [0.5, 0.6) is 0 Å². The fraction of sp³-hybridized carbons (Fsp3) is 0.381. The molecule has 0 spiro atoms. The van der Waals surface area contributed by atoms with Crippen LogP contribution in [0.25, 0.3) is 0 Å². The maximum absolute atomic E-state index is 13.0. The van der Waals surface area contributed by atoms with Gasteiger partial charge in [-0.05, 0) is 65.2 Å². The van der Waals surface area contributed by atoms with Crippen molar-refractivity contribution in [1.82, 2.24) is 9.21 Å². The highest BCUT2D eigenvalue weighted by molar-refractivity contribution is 9.10. The Labute approximate surface area is 181 Å². The molecule has 0 aliphatic carbocycles. The van der Waals surface area contributed by atoms with Crippen molar-refractivity contribution in [2.45, 2.75) is 18.7 Å². The molecule has 0 saturated carbocycles. The topological polar surface area (TPSA) is 60.9 Å². The van der Waals surface area contributed by atoms with Crippen LogP contribution in [-0.2, 0) is 10.0 Å². The van der Waals surface area contributed by atoms with Gasteiger partial charge in [0.15, 0.2) is 0 Å². The average Bonchev–Trinajstić information content (AvgIpc) is 2.70. The Balaban J connectivity index is 1.77. The Morgan fingerprint density at radius 2 is 1.69 bits per heavy atom. The SMILES string of the molecule is Cc1cccc(N2CCN(C(=O)c3ccc(Br)c(S(=O)(=O)N(C)C)c3)CC2)c1C. The minimum atomic E-state index is -3.64. The highest BCUT2D eigenvalue weighted by Gasteiger charge is 2.26. The third-order valence-corrected chi connectivity index (χ3v) is 8.23. The molecule has 1 fully saturated rings. The van der Waals surface area contributed by atoms with Gasteiger partial charge in [-0.25, -0.2) is 12.7 Å². The van der Waals surface area contributed by atoms with Gasteiger partial charge in [0.2, 0.25) is 10.0 Å². The zero-order chi connectivity index (χ0) is 21.3. The van der Waals surface area contributed by atoms with Gasteiger partial charge in [0.25, 0.3) is 5.91 Å². The first-order valence-electron chi connectivity index (χ1n) is 9.45. The number of amides is 1. The van der Waals surface area contributed by atoms with E-state index in [1.165, 1.54) is 37.0 Å². The Bertz CT molecular complexity index is 1030. The fourth-order valence-corrected chi connectivity index (χ4v) is 5.29. The van der Waals surface area contributed by atoms with Crippen molar-refractivity contribution in [1.29, 1.82) is 0 Å². The van der Waals surface area contributed by atoms with E-state index in [4.69, 9.17) is 0 Å². The van der Waals surface area contributed by atoms with Crippen molar-refractivity contribution >= 4 is 37.5 Å². The average molecular weight is 480 g/mol. The number of aryl methyl sites for hydroxylation is 1. The zero-order valence-corrected chi connectivity index (χ0v) is 19.5. The van der Waals surface area contributed by atoms with Gasteiger partial charge in [-0.2, -0.15) is 0 Å². The second-order valence-electron chi connectivity index (χ2n) is 7.43. The number of rotatable bonds is 4. The Kier molecular flexibility index (Phi) is 6.36. The van der Waals surface area contributed by atoms with Crippen LogP contribution in [-0.4, -0.2) is 63.8 Å². The molecule has 3 rings (SSSR count). The number of sulfonamides is 1. The van der Waals surface area contributed by atoms with Crippen molar-refractivity contribution in [2.75, 3.05) is 45.2 Å². The van der Waals surface area contributed by atoms with E-state index in [-0.39, 0.29) is 10.8 Å². The Morgan fingerprint density at radius 3 is 2.31 bits per heavy atom. The van der Waals surface area contributed by atoms with E-state index in [1.54, 1.807) is 17.0 Å². The molecule has 29 heavy (non-hydrogen) atoms. The van der Waals surface area contributed by atoms with Crippen LogP contribution >= 0.6 is 15.9 Å². The minimum Gasteiger partial charge on any atom is -0.368 e. The molecule has 1 aliphatic rings. The molecule has 0 bridgehead atoms. The van der Waals surface area contributed by atoms with E-state index >= 15 is 0 Å². The van der Waals surface area contributed by atoms with Crippen LogP contribution in [0.2, 0.25) is 0 Å². The van der Waals surface area contributed by atoms with Crippen LogP contribution in [0.4, 0.5) is 5.69 Å². The third-order valence-electron chi connectivity index (χ3n) is 5.42. The summed E-state index contributed by atoms with van der Waals surface area (Å²) in [5, 5.41) is 0. The molecular formula is C21H26BrN3O3S. The van der Waals surface area contributed by atoms with Gasteiger partial charge < -0.3 is 9.80 Å². The predicted octanol–water partition coefficient (Wildman–Crippen LogP) is 3.28. The largest absolute Gasteiger partial charge is 0.368 e. The molecular weight excluding hydrogens is 454 g/mol. The second-order valence-corrected chi connectivity index (χ2v) is 10.4. The summed E-state index contributed by atoms with van der Waals surface area (Å²) in [5.41, 5.74) is 4.11. The van der Waals surface area contributed by atoms with E-state index in [0.717, 1.165) is 17.4 Å². The number of anilines is 1. The van der Waals surface area contributed by atoms with E-state index in [2.05, 4.69) is 52.9 Å². The van der Waals surface area contributed by atoms with Crippen molar-refractivity contribution in [3.8, 4) is 0 Å².